The minimum atomic E-state index is 0.245. The van der Waals surface area contributed by atoms with Crippen LogP contribution in [0, 0.1) is 0 Å². The van der Waals surface area contributed by atoms with Gasteiger partial charge in [0.25, 0.3) is 0 Å². The molecule has 0 spiro atoms. The van der Waals surface area contributed by atoms with Crippen molar-refractivity contribution in [2.45, 2.75) is 39.2 Å². The maximum Gasteiger partial charge on any atom is 0.161 e. The number of ether oxygens (including phenoxy) is 1. The molecule has 0 radical (unpaired) electrons. The van der Waals surface area contributed by atoms with Crippen molar-refractivity contribution in [2.24, 2.45) is 0 Å². The first-order chi connectivity index (χ1) is 14.1. The van der Waals surface area contributed by atoms with Gasteiger partial charge in [0.05, 0.1) is 23.0 Å². The van der Waals surface area contributed by atoms with Crippen LogP contribution in [0.25, 0.3) is 5.65 Å². The molecule has 1 aliphatic carbocycles. The maximum absolute atomic E-state index is 6.43. The second-order valence-corrected chi connectivity index (χ2v) is 8.36. The summed E-state index contributed by atoms with van der Waals surface area (Å²) in [6.07, 6.45) is 12.7. The molecule has 4 rings (SSSR count). The molecule has 29 heavy (non-hydrogen) atoms. The SMILES string of the molecule is CC=C1C=CC(c2cnn3c(N)c(Br)c(CN4CCCOCC4)nc23)CC1=CC. The highest BCUT2D eigenvalue weighted by molar-refractivity contribution is 9.10. The van der Waals surface area contributed by atoms with E-state index in [2.05, 4.69) is 64.1 Å². The van der Waals surface area contributed by atoms with Crippen LogP contribution >= 0.6 is 15.9 Å². The van der Waals surface area contributed by atoms with Crippen LogP contribution in [-0.2, 0) is 11.3 Å². The summed E-state index contributed by atoms with van der Waals surface area (Å²) >= 11 is 3.65. The fraction of sp³-hybridized carbons (Fsp3) is 0.455. The molecule has 0 bridgehead atoms. The molecular formula is C22H28BrN5O. The molecule has 6 nitrogen and oxygen atoms in total. The van der Waals surface area contributed by atoms with E-state index in [0.717, 1.165) is 67.1 Å². The van der Waals surface area contributed by atoms with Gasteiger partial charge in [-0.1, -0.05) is 24.3 Å². The molecule has 1 aliphatic heterocycles. The summed E-state index contributed by atoms with van der Waals surface area (Å²) in [4.78, 5) is 7.39. The van der Waals surface area contributed by atoms with Gasteiger partial charge >= 0.3 is 0 Å². The van der Waals surface area contributed by atoms with Crippen LogP contribution in [0.3, 0.4) is 0 Å². The molecule has 1 fully saturated rings. The fourth-order valence-electron chi connectivity index (χ4n) is 4.12. The zero-order valence-electron chi connectivity index (χ0n) is 17.1. The molecule has 0 aromatic carbocycles. The van der Waals surface area contributed by atoms with E-state index in [1.165, 1.54) is 11.1 Å². The molecule has 0 amide bonds. The molecular weight excluding hydrogens is 430 g/mol. The third-order valence-corrected chi connectivity index (χ3v) is 6.65. The number of aromatic nitrogens is 3. The number of nitrogen functional groups attached to an aromatic ring is 1. The number of hydrogen-bond donors (Lipinski definition) is 1. The lowest BCUT2D eigenvalue weighted by atomic mass is 9.84. The molecule has 1 unspecified atom stereocenters. The fourth-order valence-corrected chi connectivity index (χ4v) is 4.51. The highest BCUT2D eigenvalue weighted by Crippen LogP contribution is 2.36. The summed E-state index contributed by atoms with van der Waals surface area (Å²) in [5.74, 6) is 0.845. The van der Waals surface area contributed by atoms with Gasteiger partial charge in [-0.2, -0.15) is 9.61 Å². The topological polar surface area (TPSA) is 68.7 Å². The molecule has 1 atom stereocenters. The lowest BCUT2D eigenvalue weighted by molar-refractivity contribution is 0.140. The second-order valence-electron chi connectivity index (χ2n) is 7.56. The minimum Gasteiger partial charge on any atom is -0.383 e. The lowest BCUT2D eigenvalue weighted by Gasteiger charge is -2.22. The Bertz CT molecular complexity index is 983. The van der Waals surface area contributed by atoms with E-state index < -0.39 is 0 Å². The van der Waals surface area contributed by atoms with Crippen LogP contribution in [0.15, 0.2) is 46.1 Å². The summed E-state index contributed by atoms with van der Waals surface area (Å²) in [5, 5.41) is 4.54. The lowest BCUT2D eigenvalue weighted by Crippen LogP contribution is -2.27. The monoisotopic (exact) mass is 457 g/mol. The van der Waals surface area contributed by atoms with Crippen LogP contribution in [0.4, 0.5) is 5.82 Å². The summed E-state index contributed by atoms with van der Waals surface area (Å²) in [5.41, 5.74) is 12.0. The van der Waals surface area contributed by atoms with Crippen molar-refractivity contribution < 1.29 is 4.74 Å². The Balaban J connectivity index is 1.71. The zero-order chi connectivity index (χ0) is 20.4. The van der Waals surface area contributed by atoms with Crippen LogP contribution in [0.5, 0.6) is 0 Å². The predicted molar refractivity (Wildman–Crippen MR) is 120 cm³/mol. The first-order valence-corrected chi connectivity index (χ1v) is 11.0. The van der Waals surface area contributed by atoms with Crippen molar-refractivity contribution in [3.63, 3.8) is 0 Å². The van der Waals surface area contributed by atoms with Crippen molar-refractivity contribution in [1.29, 1.82) is 0 Å². The Kier molecular flexibility index (Phi) is 6.18. The van der Waals surface area contributed by atoms with Gasteiger partial charge in [-0.15, -0.1) is 0 Å². The van der Waals surface area contributed by atoms with E-state index in [1.807, 2.05) is 6.20 Å². The Morgan fingerprint density at radius 3 is 2.93 bits per heavy atom. The first kappa shape index (κ1) is 20.3. The number of anilines is 1. The maximum atomic E-state index is 6.43. The molecule has 3 heterocycles. The molecule has 0 saturated carbocycles. The van der Waals surface area contributed by atoms with Crippen LogP contribution in [0.2, 0.25) is 0 Å². The smallest absolute Gasteiger partial charge is 0.161 e. The molecule has 1 saturated heterocycles. The van der Waals surface area contributed by atoms with Crippen molar-refractivity contribution >= 4 is 27.4 Å². The standard InChI is InChI=1S/C22H28BrN5O/c1-3-15-6-7-17(12-16(15)4-2)18-13-25-28-21(24)20(23)19(26-22(18)28)14-27-8-5-10-29-11-9-27/h3-4,6-7,13,17H,5,8-12,14,24H2,1-2H3. The van der Waals surface area contributed by atoms with E-state index in [0.29, 0.717) is 5.82 Å². The average Bonchev–Trinajstić information content (AvgIpc) is 2.99. The Morgan fingerprint density at radius 2 is 2.14 bits per heavy atom. The van der Waals surface area contributed by atoms with E-state index in [4.69, 9.17) is 15.5 Å². The summed E-state index contributed by atoms with van der Waals surface area (Å²) < 4.78 is 8.16. The highest BCUT2D eigenvalue weighted by Gasteiger charge is 2.24. The van der Waals surface area contributed by atoms with Gasteiger partial charge in [0.15, 0.2) is 5.65 Å². The number of halogens is 1. The number of rotatable bonds is 3. The third-order valence-electron chi connectivity index (χ3n) is 5.78. The molecule has 2 aromatic heterocycles. The Labute approximate surface area is 180 Å². The third kappa shape index (κ3) is 4.04. The molecule has 7 heteroatoms. The summed E-state index contributed by atoms with van der Waals surface area (Å²) in [7, 11) is 0. The van der Waals surface area contributed by atoms with Gasteiger partial charge in [-0.05, 0) is 53.8 Å². The van der Waals surface area contributed by atoms with E-state index in [9.17, 15) is 0 Å². The van der Waals surface area contributed by atoms with Gasteiger partial charge in [0.2, 0.25) is 0 Å². The van der Waals surface area contributed by atoms with E-state index in [-0.39, 0.29) is 5.92 Å². The van der Waals surface area contributed by atoms with Gasteiger partial charge in [-0.3, -0.25) is 4.90 Å². The molecule has 154 valence electrons. The van der Waals surface area contributed by atoms with Gasteiger partial charge in [0.1, 0.15) is 5.82 Å². The Morgan fingerprint density at radius 1 is 1.28 bits per heavy atom. The average molecular weight is 458 g/mol. The number of allylic oxidation sites excluding steroid dienone is 6. The largest absolute Gasteiger partial charge is 0.383 e. The van der Waals surface area contributed by atoms with E-state index >= 15 is 0 Å². The van der Waals surface area contributed by atoms with Crippen molar-refractivity contribution in [2.75, 3.05) is 32.0 Å². The zero-order valence-corrected chi connectivity index (χ0v) is 18.7. The van der Waals surface area contributed by atoms with Gasteiger partial charge in [-0.25, -0.2) is 4.98 Å². The number of fused-ring (bicyclic) bond motifs is 1. The number of nitrogens with zero attached hydrogens (tertiary/aromatic N) is 4. The van der Waals surface area contributed by atoms with Gasteiger partial charge < -0.3 is 10.5 Å². The first-order valence-electron chi connectivity index (χ1n) is 10.2. The number of hydrogen-bond acceptors (Lipinski definition) is 5. The van der Waals surface area contributed by atoms with Gasteiger partial charge in [0, 0.05) is 37.7 Å². The second kappa shape index (κ2) is 8.81. The summed E-state index contributed by atoms with van der Waals surface area (Å²) in [6, 6.07) is 0. The van der Waals surface area contributed by atoms with Crippen LogP contribution in [0.1, 0.15) is 43.9 Å². The predicted octanol–water partition coefficient (Wildman–Crippen LogP) is 4.23. The molecule has 2 aromatic rings. The van der Waals surface area contributed by atoms with Crippen molar-refractivity contribution in [1.82, 2.24) is 19.5 Å². The highest BCUT2D eigenvalue weighted by atomic mass is 79.9. The molecule has 2 aliphatic rings. The quantitative estimate of drug-likeness (QED) is 0.746. The van der Waals surface area contributed by atoms with Crippen molar-refractivity contribution in [3.05, 3.63) is 57.4 Å². The van der Waals surface area contributed by atoms with E-state index in [1.54, 1.807) is 4.52 Å². The van der Waals surface area contributed by atoms with Crippen LogP contribution in [-0.4, -0.2) is 45.8 Å². The van der Waals surface area contributed by atoms with Crippen LogP contribution < -0.4 is 5.73 Å². The minimum absolute atomic E-state index is 0.245. The summed E-state index contributed by atoms with van der Waals surface area (Å²) in [6.45, 7) is 8.44. The van der Waals surface area contributed by atoms with Crippen molar-refractivity contribution in [3.8, 4) is 0 Å². The normalized spacial score (nSPS) is 23.9. The molecule has 2 N–H and O–H groups in total. The Hall–Kier alpha value is -1.96. The number of nitrogens with two attached hydrogens (primary N) is 1.